The number of fused-ring (bicyclic) bond motifs is 1. The minimum atomic E-state index is -0.300. The lowest BCUT2D eigenvalue weighted by Crippen LogP contribution is -2.34. The zero-order valence-corrected chi connectivity index (χ0v) is 13.7. The fourth-order valence-electron chi connectivity index (χ4n) is 1.94. The van der Waals surface area contributed by atoms with E-state index in [1.54, 1.807) is 37.4 Å². The molecule has 0 saturated carbocycles. The van der Waals surface area contributed by atoms with E-state index in [1.165, 1.54) is 0 Å². The van der Waals surface area contributed by atoms with Crippen molar-refractivity contribution in [3.8, 4) is 5.75 Å². The van der Waals surface area contributed by atoms with Gasteiger partial charge in [0.2, 0.25) is 0 Å². The molecular weight excluding hydrogens is 332 g/mol. The summed E-state index contributed by atoms with van der Waals surface area (Å²) in [4.78, 5) is 12.2. The van der Waals surface area contributed by atoms with Crippen LogP contribution in [-0.4, -0.2) is 26.9 Å². The zero-order valence-electron chi connectivity index (χ0n) is 12.1. The normalized spacial score (nSPS) is 10.3. The van der Waals surface area contributed by atoms with Crippen LogP contribution in [0.2, 0.25) is 0 Å². The van der Waals surface area contributed by atoms with E-state index in [-0.39, 0.29) is 11.0 Å². The third kappa shape index (κ3) is 3.61. The molecule has 2 aromatic carbocycles. The van der Waals surface area contributed by atoms with Crippen LogP contribution < -0.4 is 15.4 Å². The molecule has 0 spiro atoms. The van der Waals surface area contributed by atoms with Gasteiger partial charge in [-0.2, -0.15) is 8.75 Å². The van der Waals surface area contributed by atoms with Crippen LogP contribution in [0.15, 0.2) is 42.5 Å². The topological polar surface area (TPSA) is 76.1 Å². The first kappa shape index (κ1) is 15.3. The van der Waals surface area contributed by atoms with Gasteiger partial charge in [-0.3, -0.25) is 10.1 Å². The van der Waals surface area contributed by atoms with Gasteiger partial charge in [-0.15, -0.1) is 0 Å². The van der Waals surface area contributed by atoms with Crippen LogP contribution in [-0.2, 0) is 0 Å². The van der Waals surface area contributed by atoms with Gasteiger partial charge >= 0.3 is 0 Å². The van der Waals surface area contributed by atoms with Crippen LogP contribution in [0.4, 0.5) is 5.69 Å². The van der Waals surface area contributed by atoms with Crippen molar-refractivity contribution in [1.29, 1.82) is 0 Å². The number of ether oxygens (including phenoxy) is 1. The van der Waals surface area contributed by atoms with Gasteiger partial charge in [0.1, 0.15) is 16.8 Å². The molecule has 23 heavy (non-hydrogen) atoms. The van der Waals surface area contributed by atoms with E-state index in [4.69, 9.17) is 17.0 Å². The molecule has 3 rings (SSSR count). The molecule has 0 radical (unpaired) electrons. The summed E-state index contributed by atoms with van der Waals surface area (Å²) in [7, 11) is 1.60. The molecule has 0 unspecified atom stereocenters. The van der Waals surface area contributed by atoms with Crippen molar-refractivity contribution >= 4 is 51.7 Å². The molecule has 3 aromatic rings. The number of methoxy groups -OCH3 is 1. The third-order valence-electron chi connectivity index (χ3n) is 3.09. The molecule has 116 valence electrons. The minimum absolute atomic E-state index is 0.219. The van der Waals surface area contributed by atoms with E-state index in [0.717, 1.165) is 28.7 Å². The Bertz CT molecular complexity index is 861. The Morgan fingerprint density at radius 1 is 1.13 bits per heavy atom. The van der Waals surface area contributed by atoms with Crippen LogP contribution in [0.1, 0.15) is 10.4 Å². The number of anilines is 1. The fourth-order valence-corrected chi connectivity index (χ4v) is 2.66. The summed E-state index contributed by atoms with van der Waals surface area (Å²) in [5.74, 6) is 0.446. The number of carbonyl (C=O) groups is 1. The second-order valence-electron chi connectivity index (χ2n) is 4.60. The van der Waals surface area contributed by atoms with Crippen LogP contribution in [0.3, 0.4) is 0 Å². The average molecular weight is 344 g/mol. The first-order valence-corrected chi connectivity index (χ1v) is 7.78. The molecule has 0 saturated heterocycles. The summed E-state index contributed by atoms with van der Waals surface area (Å²) >= 11 is 6.26. The lowest BCUT2D eigenvalue weighted by Gasteiger charge is -2.10. The molecule has 6 nitrogen and oxygen atoms in total. The van der Waals surface area contributed by atoms with E-state index in [2.05, 4.69) is 19.4 Å². The van der Waals surface area contributed by atoms with Gasteiger partial charge in [0, 0.05) is 11.3 Å². The Morgan fingerprint density at radius 3 is 2.61 bits per heavy atom. The van der Waals surface area contributed by atoms with Gasteiger partial charge in [0.05, 0.1) is 18.8 Å². The molecule has 0 bridgehead atoms. The Labute approximate surface area is 141 Å². The van der Waals surface area contributed by atoms with Crippen molar-refractivity contribution in [3.63, 3.8) is 0 Å². The number of carbonyl (C=O) groups excluding carboxylic acids is 1. The maximum Gasteiger partial charge on any atom is 0.257 e. The molecule has 0 aliphatic heterocycles. The third-order valence-corrected chi connectivity index (χ3v) is 3.85. The molecule has 1 aromatic heterocycles. The number of nitrogens with one attached hydrogen (secondary N) is 2. The number of rotatable bonds is 3. The van der Waals surface area contributed by atoms with Crippen molar-refractivity contribution in [2.45, 2.75) is 0 Å². The van der Waals surface area contributed by atoms with E-state index in [1.807, 2.05) is 12.1 Å². The molecule has 0 aliphatic carbocycles. The molecule has 1 heterocycles. The van der Waals surface area contributed by atoms with Crippen LogP contribution in [0.5, 0.6) is 5.75 Å². The zero-order chi connectivity index (χ0) is 16.2. The maximum atomic E-state index is 12.2. The van der Waals surface area contributed by atoms with Crippen LogP contribution in [0, 0.1) is 0 Å². The summed E-state index contributed by atoms with van der Waals surface area (Å²) in [5.41, 5.74) is 2.70. The van der Waals surface area contributed by atoms with Crippen molar-refractivity contribution in [2.75, 3.05) is 12.4 Å². The fraction of sp³-hybridized carbons (Fsp3) is 0.0667. The van der Waals surface area contributed by atoms with E-state index >= 15 is 0 Å². The van der Waals surface area contributed by atoms with Crippen molar-refractivity contribution in [1.82, 2.24) is 14.1 Å². The highest BCUT2D eigenvalue weighted by Crippen LogP contribution is 2.15. The number of amides is 1. The highest BCUT2D eigenvalue weighted by Gasteiger charge is 2.10. The monoisotopic (exact) mass is 344 g/mol. The largest absolute Gasteiger partial charge is 0.497 e. The number of aromatic nitrogens is 2. The molecule has 1 amide bonds. The SMILES string of the molecule is COc1ccc(NC(=S)NC(=O)c2ccc3nsnc3c2)cc1. The lowest BCUT2D eigenvalue weighted by molar-refractivity contribution is 0.0978. The van der Waals surface area contributed by atoms with Crippen LogP contribution >= 0.6 is 23.9 Å². The molecule has 8 heteroatoms. The minimum Gasteiger partial charge on any atom is -0.497 e. The van der Waals surface area contributed by atoms with Crippen molar-refractivity contribution < 1.29 is 9.53 Å². The van der Waals surface area contributed by atoms with E-state index in [9.17, 15) is 4.79 Å². The van der Waals surface area contributed by atoms with E-state index in [0.29, 0.717) is 11.1 Å². The molecule has 2 N–H and O–H groups in total. The molecule has 0 fully saturated rings. The highest BCUT2D eigenvalue weighted by molar-refractivity contribution is 7.80. The molecular formula is C15H12N4O2S2. The van der Waals surface area contributed by atoms with Gasteiger partial charge in [0.25, 0.3) is 5.91 Å². The van der Waals surface area contributed by atoms with Crippen molar-refractivity contribution in [3.05, 3.63) is 48.0 Å². The Balaban J connectivity index is 1.65. The van der Waals surface area contributed by atoms with Gasteiger partial charge < -0.3 is 10.1 Å². The van der Waals surface area contributed by atoms with E-state index < -0.39 is 0 Å². The standard InChI is InChI=1S/C15H12N4O2S2/c1-21-11-5-3-10(4-6-11)16-15(22)17-14(20)9-2-7-12-13(8-9)19-23-18-12/h2-8H,1H3,(H2,16,17,20,22). The highest BCUT2D eigenvalue weighted by atomic mass is 32.1. The van der Waals surface area contributed by atoms with Gasteiger partial charge in [0.15, 0.2) is 5.11 Å². The maximum absolute atomic E-state index is 12.2. The average Bonchev–Trinajstić information content (AvgIpc) is 3.03. The summed E-state index contributed by atoms with van der Waals surface area (Å²) in [6, 6.07) is 12.4. The summed E-state index contributed by atoms with van der Waals surface area (Å²) < 4.78 is 13.3. The van der Waals surface area contributed by atoms with Gasteiger partial charge in [-0.25, -0.2) is 0 Å². The summed E-state index contributed by atoms with van der Waals surface area (Å²) in [6.07, 6.45) is 0. The first-order valence-electron chi connectivity index (χ1n) is 6.64. The van der Waals surface area contributed by atoms with Gasteiger partial charge in [-0.1, -0.05) is 0 Å². The predicted octanol–water partition coefficient (Wildman–Crippen LogP) is 2.83. The Kier molecular flexibility index (Phi) is 4.45. The summed E-state index contributed by atoms with van der Waals surface area (Å²) in [5, 5.41) is 5.80. The summed E-state index contributed by atoms with van der Waals surface area (Å²) in [6.45, 7) is 0. The molecule has 0 atom stereocenters. The van der Waals surface area contributed by atoms with Crippen LogP contribution in [0.25, 0.3) is 11.0 Å². The number of nitrogens with zero attached hydrogens (tertiary/aromatic N) is 2. The number of thiocarbonyl (C=S) groups is 1. The Morgan fingerprint density at radius 2 is 1.87 bits per heavy atom. The quantitative estimate of drug-likeness (QED) is 0.712. The Hall–Kier alpha value is -2.58. The second kappa shape index (κ2) is 6.67. The first-order chi connectivity index (χ1) is 11.2. The second-order valence-corrected chi connectivity index (χ2v) is 5.54. The lowest BCUT2D eigenvalue weighted by atomic mass is 10.2. The smallest absolute Gasteiger partial charge is 0.257 e. The predicted molar refractivity (Wildman–Crippen MR) is 94.1 cm³/mol. The van der Waals surface area contributed by atoms with Gasteiger partial charge in [-0.05, 0) is 54.7 Å². The number of hydrogen-bond donors (Lipinski definition) is 2. The van der Waals surface area contributed by atoms with Crippen molar-refractivity contribution in [2.24, 2.45) is 0 Å². The molecule has 0 aliphatic rings. The number of hydrogen-bond acceptors (Lipinski definition) is 6. The number of benzene rings is 2.